The van der Waals surface area contributed by atoms with Crippen LogP contribution in [0.5, 0.6) is 0 Å². The number of carboxylic acid groups (broad SMARTS) is 1. The lowest BCUT2D eigenvalue weighted by Crippen LogP contribution is -2.45. The zero-order chi connectivity index (χ0) is 17.9. The van der Waals surface area contributed by atoms with E-state index < -0.39 is 11.4 Å². The molecule has 0 spiro atoms. The van der Waals surface area contributed by atoms with Crippen LogP contribution >= 0.6 is 0 Å². The molecule has 140 valence electrons. The van der Waals surface area contributed by atoms with Crippen molar-refractivity contribution in [2.75, 3.05) is 32.8 Å². The van der Waals surface area contributed by atoms with Crippen molar-refractivity contribution in [2.45, 2.75) is 44.9 Å². The molecule has 2 saturated heterocycles. The molecule has 7 heteroatoms. The lowest BCUT2D eigenvalue weighted by molar-refractivity contribution is -0.157. The summed E-state index contributed by atoms with van der Waals surface area (Å²) in [5, 5.41) is 12.4. The first-order valence-corrected chi connectivity index (χ1v) is 9.37. The van der Waals surface area contributed by atoms with Gasteiger partial charge in [-0.3, -0.25) is 14.4 Å². The number of amides is 2. The second-order valence-corrected chi connectivity index (χ2v) is 7.74. The Morgan fingerprint density at radius 3 is 2.64 bits per heavy atom. The van der Waals surface area contributed by atoms with Gasteiger partial charge in [0.2, 0.25) is 11.8 Å². The number of fused-ring (bicyclic) bond motifs is 1. The second kappa shape index (κ2) is 7.72. The molecule has 2 atom stereocenters. The van der Waals surface area contributed by atoms with Crippen LogP contribution < -0.4 is 5.32 Å². The Kier molecular flexibility index (Phi) is 5.61. The summed E-state index contributed by atoms with van der Waals surface area (Å²) in [6.45, 7) is 1.36. The zero-order valence-corrected chi connectivity index (χ0v) is 14.7. The average Bonchev–Trinajstić information content (AvgIpc) is 3.02. The third-order valence-corrected chi connectivity index (χ3v) is 6.12. The van der Waals surface area contributed by atoms with Crippen LogP contribution in [0.25, 0.3) is 0 Å². The Labute approximate surface area is 148 Å². The highest BCUT2D eigenvalue weighted by molar-refractivity contribution is 5.86. The number of nitrogens with one attached hydrogen (secondary N) is 1. The van der Waals surface area contributed by atoms with Gasteiger partial charge in [0, 0.05) is 32.0 Å². The molecule has 0 unspecified atom stereocenters. The molecule has 1 aliphatic carbocycles. The maximum Gasteiger partial charge on any atom is 0.311 e. The summed E-state index contributed by atoms with van der Waals surface area (Å²) < 4.78 is 5.40. The largest absolute Gasteiger partial charge is 0.481 e. The molecule has 1 saturated carbocycles. The number of hydrogen-bond acceptors (Lipinski definition) is 4. The smallest absolute Gasteiger partial charge is 0.311 e. The minimum atomic E-state index is -0.889. The molecule has 0 aromatic heterocycles. The maximum atomic E-state index is 12.4. The van der Waals surface area contributed by atoms with E-state index in [4.69, 9.17) is 4.74 Å². The van der Waals surface area contributed by atoms with Gasteiger partial charge in [0.15, 0.2) is 0 Å². The average molecular weight is 352 g/mol. The highest BCUT2D eigenvalue weighted by Crippen LogP contribution is 2.42. The van der Waals surface area contributed by atoms with Crippen molar-refractivity contribution in [2.24, 2.45) is 17.3 Å². The molecule has 0 aromatic carbocycles. The number of carbonyl (C=O) groups is 3. The minimum absolute atomic E-state index is 0.0468. The van der Waals surface area contributed by atoms with E-state index in [1.807, 2.05) is 0 Å². The van der Waals surface area contributed by atoms with E-state index in [2.05, 4.69) is 5.32 Å². The quantitative estimate of drug-likeness (QED) is 0.770. The molecular weight excluding hydrogens is 324 g/mol. The number of carboxylic acids is 1. The second-order valence-electron chi connectivity index (χ2n) is 7.74. The fourth-order valence-electron chi connectivity index (χ4n) is 4.50. The SMILES string of the molecule is O=C(CC1CCCCC1)NCC(=O)N1C[C@H]2COCC[C@@]2(C(=O)O)C1. The molecular formula is C18H28N2O5. The Morgan fingerprint density at radius 1 is 1.20 bits per heavy atom. The number of aliphatic carboxylic acids is 1. The van der Waals surface area contributed by atoms with E-state index in [-0.39, 0.29) is 30.8 Å². The van der Waals surface area contributed by atoms with Crippen LogP contribution in [0.1, 0.15) is 44.9 Å². The lowest BCUT2D eigenvalue weighted by atomic mass is 9.74. The van der Waals surface area contributed by atoms with E-state index >= 15 is 0 Å². The van der Waals surface area contributed by atoms with Gasteiger partial charge < -0.3 is 20.1 Å². The zero-order valence-electron chi connectivity index (χ0n) is 14.7. The van der Waals surface area contributed by atoms with Crippen LogP contribution in [0.3, 0.4) is 0 Å². The van der Waals surface area contributed by atoms with Gasteiger partial charge in [0.05, 0.1) is 18.6 Å². The summed E-state index contributed by atoms with van der Waals surface area (Å²) in [7, 11) is 0. The van der Waals surface area contributed by atoms with Crippen LogP contribution in [0.4, 0.5) is 0 Å². The predicted octanol–water partition coefficient (Wildman–Crippen LogP) is 1.02. The monoisotopic (exact) mass is 352 g/mol. The first kappa shape index (κ1) is 18.2. The molecule has 2 heterocycles. The predicted molar refractivity (Wildman–Crippen MR) is 89.8 cm³/mol. The summed E-state index contributed by atoms with van der Waals surface area (Å²) >= 11 is 0. The fourth-order valence-corrected chi connectivity index (χ4v) is 4.50. The number of likely N-dealkylation sites (tertiary alicyclic amines) is 1. The minimum Gasteiger partial charge on any atom is -0.481 e. The summed E-state index contributed by atoms with van der Waals surface area (Å²) in [5.41, 5.74) is -0.889. The fraction of sp³-hybridized carbons (Fsp3) is 0.833. The van der Waals surface area contributed by atoms with Gasteiger partial charge in [-0.05, 0) is 25.2 Å². The molecule has 3 rings (SSSR count). The summed E-state index contributed by atoms with van der Waals surface area (Å²) in [5.74, 6) is -0.857. The van der Waals surface area contributed by atoms with Crippen molar-refractivity contribution in [3.63, 3.8) is 0 Å². The van der Waals surface area contributed by atoms with Crippen molar-refractivity contribution in [1.29, 1.82) is 0 Å². The van der Waals surface area contributed by atoms with Crippen LogP contribution in [-0.2, 0) is 19.1 Å². The third kappa shape index (κ3) is 3.97. The van der Waals surface area contributed by atoms with E-state index in [0.29, 0.717) is 38.5 Å². The van der Waals surface area contributed by atoms with Gasteiger partial charge in [-0.1, -0.05) is 19.3 Å². The van der Waals surface area contributed by atoms with E-state index in [1.54, 1.807) is 4.90 Å². The Hall–Kier alpha value is -1.63. The molecule has 0 aromatic rings. The number of nitrogens with zero attached hydrogens (tertiary/aromatic N) is 1. The Bertz CT molecular complexity index is 532. The van der Waals surface area contributed by atoms with Crippen molar-refractivity contribution in [3.05, 3.63) is 0 Å². The van der Waals surface area contributed by atoms with Crippen molar-refractivity contribution in [1.82, 2.24) is 10.2 Å². The molecule has 3 fully saturated rings. The highest BCUT2D eigenvalue weighted by Gasteiger charge is 2.54. The maximum absolute atomic E-state index is 12.4. The lowest BCUT2D eigenvalue weighted by Gasteiger charge is -2.33. The van der Waals surface area contributed by atoms with Gasteiger partial charge in [-0.25, -0.2) is 0 Å². The first-order chi connectivity index (χ1) is 12.0. The van der Waals surface area contributed by atoms with E-state index in [1.165, 1.54) is 19.3 Å². The van der Waals surface area contributed by atoms with Gasteiger partial charge in [-0.2, -0.15) is 0 Å². The molecule has 25 heavy (non-hydrogen) atoms. The Morgan fingerprint density at radius 2 is 1.96 bits per heavy atom. The number of hydrogen-bond donors (Lipinski definition) is 2. The van der Waals surface area contributed by atoms with Gasteiger partial charge in [0.25, 0.3) is 0 Å². The molecule has 0 radical (unpaired) electrons. The Balaban J connectivity index is 1.48. The van der Waals surface area contributed by atoms with E-state index in [9.17, 15) is 19.5 Å². The van der Waals surface area contributed by atoms with Crippen LogP contribution in [0.15, 0.2) is 0 Å². The normalized spacial score (nSPS) is 29.9. The molecule has 2 amide bonds. The highest BCUT2D eigenvalue weighted by atomic mass is 16.5. The van der Waals surface area contributed by atoms with Gasteiger partial charge in [0.1, 0.15) is 0 Å². The molecule has 2 aliphatic heterocycles. The topological polar surface area (TPSA) is 95.9 Å². The number of rotatable bonds is 5. The van der Waals surface area contributed by atoms with Gasteiger partial charge in [-0.15, -0.1) is 0 Å². The van der Waals surface area contributed by atoms with Crippen LogP contribution in [-0.4, -0.2) is 60.6 Å². The molecule has 7 nitrogen and oxygen atoms in total. The third-order valence-electron chi connectivity index (χ3n) is 6.12. The van der Waals surface area contributed by atoms with Crippen LogP contribution in [0.2, 0.25) is 0 Å². The molecule has 0 bridgehead atoms. The van der Waals surface area contributed by atoms with Crippen LogP contribution in [0, 0.1) is 17.3 Å². The molecule has 2 N–H and O–H groups in total. The summed E-state index contributed by atoms with van der Waals surface area (Å²) in [4.78, 5) is 37.8. The summed E-state index contributed by atoms with van der Waals surface area (Å²) in [6, 6.07) is 0. The first-order valence-electron chi connectivity index (χ1n) is 9.37. The van der Waals surface area contributed by atoms with Crippen molar-refractivity contribution < 1.29 is 24.2 Å². The summed E-state index contributed by atoms with van der Waals surface area (Å²) in [6.07, 6.45) is 6.73. The molecule has 3 aliphatic rings. The van der Waals surface area contributed by atoms with Gasteiger partial charge >= 0.3 is 5.97 Å². The van der Waals surface area contributed by atoms with Crippen molar-refractivity contribution >= 4 is 17.8 Å². The standard InChI is InChI=1S/C18H28N2O5/c21-15(8-13-4-2-1-3-5-13)19-9-16(22)20-10-14-11-25-7-6-18(14,12-20)17(23)24/h13-14H,1-12H2,(H,19,21)(H,23,24)/t14-,18+/m0/s1. The number of carbonyl (C=O) groups excluding carboxylic acids is 2. The number of ether oxygens (including phenoxy) is 1. The van der Waals surface area contributed by atoms with E-state index in [0.717, 1.165) is 12.8 Å². The van der Waals surface area contributed by atoms with Crippen molar-refractivity contribution in [3.8, 4) is 0 Å².